The van der Waals surface area contributed by atoms with Crippen molar-refractivity contribution in [1.82, 2.24) is 14.3 Å². The zero-order valence-electron chi connectivity index (χ0n) is 18.9. The molecule has 0 bridgehead atoms. The Labute approximate surface area is 202 Å². The van der Waals surface area contributed by atoms with Gasteiger partial charge in [0.1, 0.15) is 0 Å². The Morgan fingerprint density at radius 2 is 1.80 bits per heavy atom. The standard InChI is InChI=1S/C26H24FN3O4S/c27-25-10-7-20(16-28-25)23-17-30(24-4-2-1-3-22(23)24)35(32,33)21-8-5-19(6-9-21)26(31)29-15-18-11-13-34-14-12-18/h1-10,16-18H,11-15H2,(H,29,31). The van der Waals surface area contributed by atoms with Crippen molar-refractivity contribution in [1.29, 1.82) is 0 Å². The van der Waals surface area contributed by atoms with Gasteiger partial charge in [-0.05, 0) is 61.2 Å². The summed E-state index contributed by atoms with van der Waals surface area (Å²) in [6.45, 7) is 1.99. The first-order chi connectivity index (χ1) is 16.9. The van der Waals surface area contributed by atoms with Gasteiger partial charge < -0.3 is 10.1 Å². The molecule has 3 heterocycles. The van der Waals surface area contributed by atoms with Gasteiger partial charge in [-0.15, -0.1) is 0 Å². The van der Waals surface area contributed by atoms with Crippen molar-refractivity contribution in [2.45, 2.75) is 17.7 Å². The van der Waals surface area contributed by atoms with E-state index in [9.17, 15) is 17.6 Å². The zero-order valence-corrected chi connectivity index (χ0v) is 19.7. The Morgan fingerprint density at radius 3 is 2.51 bits per heavy atom. The number of amides is 1. The van der Waals surface area contributed by atoms with Crippen LogP contribution in [0.15, 0.2) is 78.0 Å². The number of nitrogens with one attached hydrogen (secondary N) is 1. The summed E-state index contributed by atoms with van der Waals surface area (Å²) in [6.07, 6.45) is 4.72. The maximum absolute atomic E-state index is 13.5. The molecule has 1 amide bonds. The third kappa shape index (κ3) is 4.69. The number of hydrogen-bond donors (Lipinski definition) is 1. The van der Waals surface area contributed by atoms with Crippen molar-refractivity contribution in [3.63, 3.8) is 0 Å². The van der Waals surface area contributed by atoms with Gasteiger partial charge in [0.2, 0.25) is 5.95 Å². The van der Waals surface area contributed by atoms with Crippen LogP contribution in [0.4, 0.5) is 4.39 Å². The van der Waals surface area contributed by atoms with Gasteiger partial charge in [0.05, 0.1) is 10.4 Å². The van der Waals surface area contributed by atoms with Gasteiger partial charge in [0.15, 0.2) is 0 Å². The highest BCUT2D eigenvalue weighted by Gasteiger charge is 2.22. The molecule has 0 atom stereocenters. The number of halogens is 1. The van der Waals surface area contributed by atoms with E-state index in [1.807, 2.05) is 12.1 Å². The minimum atomic E-state index is -3.96. The number of rotatable bonds is 6. The van der Waals surface area contributed by atoms with Crippen molar-refractivity contribution in [2.24, 2.45) is 5.92 Å². The number of para-hydroxylation sites is 1. The van der Waals surface area contributed by atoms with Crippen LogP contribution in [-0.4, -0.2) is 43.0 Å². The molecule has 1 saturated heterocycles. The molecule has 35 heavy (non-hydrogen) atoms. The number of pyridine rings is 1. The number of ether oxygens (including phenoxy) is 1. The van der Waals surface area contributed by atoms with E-state index in [4.69, 9.17) is 4.74 Å². The number of carbonyl (C=O) groups is 1. The van der Waals surface area contributed by atoms with E-state index < -0.39 is 16.0 Å². The minimum absolute atomic E-state index is 0.0583. The molecular weight excluding hydrogens is 469 g/mol. The number of hydrogen-bond acceptors (Lipinski definition) is 5. The van der Waals surface area contributed by atoms with Crippen molar-refractivity contribution in [2.75, 3.05) is 19.8 Å². The van der Waals surface area contributed by atoms with Crippen LogP contribution < -0.4 is 5.32 Å². The second kappa shape index (κ2) is 9.59. The lowest BCUT2D eigenvalue weighted by atomic mass is 10.0. The molecule has 0 spiro atoms. The van der Waals surface area contributed by atoms with Gasteiger partial charge in [-0.2, -0.15) is 4.39 Å². The van der Waals surface area contributed by atoms with Crippen molar-refractivity contribution in [3.05, 3.63) is 84.6 Å². The van der Waals surface area contributed by atoms with Gasteiger partial charge >= 0.3 is 0 Å². The van der Waals surface area contributed by atoms with Crippen LogP contribution in [0.3, 0.4) is 0 Å². The lowest BCUT2D eigenvalue weighted by Crippen LogP contribution is -2.32. The summed E-state index contributed by atoms with van der Waals surface area (Å²) in [7, 11) is -3.96. The van der Waals surface area contributed by atoms with Gasteiger partial charge in [-0.3, -0.25) is 4.79 Å². The third-order valence-corrected chi connectivity index (χ3v) is 7.97. The van der Waals surface area contributed by atoms with E-state index in [-0.39, 0.29) is 10.8 Å². The van der Waals surface area contributed by atoms with E-state index in [0.29, 0.717) is 53.3 Å². The van der Waals surface area contributed by atoms with Crippen LogP contribution in [0.2, 0.25) is 0 Å². The molecule has 0 aliphatic carbocycles. The van der Waals surface area contributed by atoms with E-state index >= 15 is 0 Å². The highest BCUT2D eigenvalue weighted by atomic mass is 32.2. The number of carbonyl (C=O) groups excluding carboxylic acids is 1. The quantitative estimate of drug-likeness (QED) is 0.406. The first kappa shape index (κ1) is 23.2. The van der Waals surface area contributed by atoms with Crippen molar-refractivity contribution in [3.8, 4) is 11.1 Å². The number of aromatic nitrogens is 2. The smallest absolute Gasteiger partial charge is 0.268 e. The van der Waals surface area contributed by atoms with Crippen LogP contribution in [-0.2, 0) is 14.8 Å². The molecule has 1 fully saturated rings. The van der Waals surface area contributed by atoms with Crippen LogP contribution in [0.1, 0.15) is 23.2 Å². The molecule has 5 rings (SSSR count). The Hall–Kier alpha value is -3.56. The molecule has 0 radical (unpaired) electrons. The second-order valence-electron chi connectivity index (χ2n) is 8.52. The molecule has 180 valence electrons. The largest absolute Gasteiger partial charge is 0.381 e. The fourth-order valence-corrected chi connectivity index (χ4v) is 5.66. The average Bonchev–Trinajstić information content (AvgIpc) is 3.29. The molecule has 2 aromatic heterocycles. The van der Waals surface area contributed by atoms with E-state index in [1.165, 1.54) is 46.7 Å². The molecule has 1 N–H and O–H groups in total. The Morgan fingerprint density at radius 1 is 1.06 bits per heavy atom. The minimum Gasteiger partial charge on any atom is -0.381 e. The Balaban J connectivity index is 1.42. The number of fused-ring (bicyclic) bond motifs is 1. The Bertz CT molecular complexity index is 1460. The fraction of sp³-hybridized carbons (Fsp3) is 0.231. The highest BCUT2D eigenvalue weighted by molar-refractivity contribution is 7.90. The second-order valence-corrected chi connectivity index (χ2v) is 10.3. The average molecular weight is 494 g/mol. The van der Waals surface area contributed by atoms with Crippen molar-refractivity contribution < 1.29 is 22.3 Å². The van der Waals surface area contributed by atoms with Crippen LogP contribution in [0.25, 0.3) is 22.0 Å². The number of nitrogens with zero attached hydrogens (tertiary/aromatic N) is 2. The third-order valence-electron chi connectivity index (χ3n) is 6.28. The lowest BCUT2D eigenvalue weighted by molar-refractivity contribution is 0.0642. The van der Waals surface area contributed by atoms with Gasteiger partial charge in [0.25, 0.3) is 15.9 Å². The highest BCUT2D eigenvalue weighted by Crippen LogP contribution is 2.32. The summed E-state index contributed by atoms with van der Waals surface area (Å²) in [6, 6.07) is 15.8. The van der Waals surface area contributed by atoms with Gasteiger partial charge in [-0.1, -0.05) is 18.2 Å². The van der Waals surface area contributed by atoms with Crippen LogP contribution in [0.5, 0.6) is 0 Å². The SMILES string of the molecule is O=C(NCC1CCOCC1)c1ccc(S(=O)(=O)n2cc(-c3ccc(F)nc3)c3ccccc32)cc1. The van der Waals surface area contributed by atoms with Gasteiger partial charge in [-0.25, -0.2) is 17.4 Å². The predicted octanol–water partition coefficient (Wildman–Crippen LogP) is 4.24. The molecular formula is C26H24FN3O4S. The summed E-state index contributed by atoms with van der Waals surface area (Å²) in [4.78, 5) is 16.3. The van der Waals surface area contributed by atoms with E-state index in [0.717, 1.165) is 12.8 Å². The van der Waals surface area contributed by atoms with E-state index in [1.54, 1.807) is 18.2 Å². The molecule has 0 saturated carbocycles. The van der Waals surface area contributed by atoms with E-state index in [2.05, 4.69) is 10.3 Å². The maximum atomic E-state index is 13.5. The number of benzene rings is 2. The van der Waals surface area contributed by atoms with Crippen LogP contribution in [0, 0.1) is 11.9 Å². The topological polar surface area (TPSA) is 90.3 Å². The van der Waals surface area contributed by atoms with Crippen LogP contribution >= 0.6 is 0 Å². The predicted molar refractivity (Wildman–Crippen MR) is 130 cm³/mol. The fourth-order valence-electron chi connectivity index (χ4n) is 4.30. The summed E-state index contributed by atoms with van der Waals surface area (Å²) < 4.78 is 46.9. The molecule has 0 unspecified atom stereocenters. The lowest BCUT2D eigenvalue weighted by Gasteiger charge is -2.22. The monoisotopic (exact) mass is 493 g/mol. The molecule has 4 aromatic rings. The summed E-state index contributed by atoms with van der Waals surface area (Å²) in [5.41, 5.74) is 2.12. The molecule has 9 heteroatoms. The molecule has 1 aliphatic heterocycles. The summed E-state index contributed by atoms with van der Waals surface area (Å²) in [5, 5.41) is 3.63. The maximum Gasteiger partial charge on any atom is 0.268 e. The molecule has 1 aliphatic rings. The molecule has 7 nitrogen and oxygen atoms in total. The normalized spacial score (nSPS) is 14.8. The molecule has 2 aromatic carbocycles. The zero-order chi connectivity index (χ0) is 24.4. The van der Waals surface area contributed by atoms with Crippen molar-refractivity contribution >= 4 is 26.8 Å². The Kier molecular flexibility index (Phi) is 6.36. The summed E-state index contributed by atoms with van der Waals surface area (Å²) >= 11 is 0. The first-order valence-electron chi connectivity index (χ1n) is 11.4. The van der Waals surface area contributed by atoms with Gasteiger partial charge in [0, 0.05) is 54.2 Å². The summed E-state index contributed by atoms with van der Waals surface area (Å²) in [5.74, 6) is -0.459. The first-order valence-corrected chi connectivity index (χ1v) is 12.8.